The van der Waals surface area contributed by atoms with Gasteiger partial charge in [-0.25, -0.2) is 4.79 Å². The first-order valence-corrected chi connectivity index (χ1v) is 18.5. The molecular formula is C41H37N3O5S2. The molecule has 6 rings (SSSR count). The fourth-order valence-corrected chi connectivity index (χ4v) is 8.16. The Morgan fingerprint density at radius 2 is 1.51 bits per heavy atom. The Balaban J connectivity index is 1.24. The Kier molecular flexibility index (Phi) is 11.8. The van der Waals surface area contributed by atoms with Gasteiger partial charge in [-0.15, -0.1) is 23.1 Å². The van der Waals surface area contributed by atoms with Gasteiger partial charge in [-0.3, -0.25) is 14.4 Å². The molecule has 8 nitrogen and oxygen atoms in total. The first kappa shape index (κ1) is 35.4. The molecule has 1 aromatic heterocycles. The summed E-state index contributed by atoms with van der Waals surface area (Å²) in [6.07, 6.45) is 5.31. The van der Waals surface area contributed by atoms with Gasteiger partial charge in [-0.05, 0) is 85.7 Å². The van der Waals surface area contributed by atoms with Crippen LogP contribution >= 0.6 is 23.1 Å². The van der Waals surface area contributed by atoms with Crippen LogP contribution in [-0.2, 0) is 27.2 Å². The van der Waals surface area contributed by atoms with E-state index < -0.39 is 23.0 Å². The van der Waals surface area contributed by atoms with Gasteiger partial charge in [-0.1, -0.05) is 84.9 Å². The molecule has 0 aliphatic heterocycles. The molecule has 1 atom stereocenters. The number of thiophene rings is 1. The van der Waals surface area contributed by atoms with Crippen molar-refractivity contribution in [3.63, 3.8) is 0 Å². The summed E-state index contributed by atoms with van der Waals surface area (Å²) in [4.78, 5) is 55.8. The highest BCUT2D eigenvalue weighted by molar-refractivity contribution is 8.00. The zero-order chi connectivity index (χ0) is 35.6. The van der Waals surface area contributed by atoms with E-state index >= 15 is 0 Å². The van der Waals surface area contributed by atoms with Gasteiger partial charge in [0.1, 0.15) is 15.9 Å². The number of fused-ring (bicyclic) bond motifs is 1. The maximum atomic E-state index is 14.1. The summed E-state index contributed by atoms with van der Waals surface area (Å²) in [5.74, 6) is -1.61. The lowest BCUT2D eigenvalue weighted by molar-refractivity contribution is -0.116. The van der Waals surface area contributed by atoms with Crippen LogP contribution in [0.3, 0.4) is 0 Å². The monoisotopic (exact) mass is 715 g/mol. The van der Waals surface area contributed by atoms with E-state index in [4.69, 9.17) is 4.74 Å². The van der Waals surface area contributed by atoms with Crippen molar-refractivity contribution in [1.29, 1.82) is 0 Å². The molecule has 3 amide bonds. The van der Waals surface area contributed by atoms with Crippen molar-refractivity contribution in [2.45, 2.75) is 42.8 Å². The van der Waals surface area contributed by atoms with E-state index in [1.54, 1.807) is 55.5 Å². The number of carbonyl (C=O) groups is 4. The average molecular weight is 716 g/mol. The van der Waals surface area contributed by atoms with Crippen LogP contribution in [0.15, 0.2) is 126 Å². The number of nitrogens with one attached hydrogen (secondary N) is 3. The summed E-state index contributed by atoms with van der Waals surface area (Å²) in [6, 6.07) is 34.6. The van der Waals surface area contributed by atoms with E-state index in [0.29, 0.717) is 21.8 Å². The molecule has 1 aliphatic rings. The Bertz CT molecular complexity index is 2050. The number of anilines is 2. The third kappa shape index (κ3) is 9.02. The molecular weight excluding hydrogens is 679 g/mol. The van der Waals surface area contributed by atoms with Crippen LogP contribution in [0.4, 0.5) is 10.7 Å². The quantitative estimate of drug-likeness (QED) is 0.0677. The molecule has 10 heteroatoms. The molecule has 4 aromatic carbocycles. The molecule has 0 saturated carbocycles. The molecule has 0 fully saturated rings. The van der Waals surface area contributed by atoms with Crippen LogP contribution in [0.25, 0.3) is 6.08 Å². The van der Waals surface area contributed by atoms with Gasteiger partial charge in [0.15, 0.2) is 0 Å². The van der Waals surface area contributed by atoms with Crippen LogP contribution < -0.4 is 16.0 Å². The number of thioether (sulfide) groups is 1. The number of hydrogen-bond donors (Lipinski definition) is 3. The van der Waals surface area contributed by atoms with Crippen molar-refractivity contribution in [2.24, 2.45) is 0 Å². The molecule has 1 heterocycles. The first-order valence-electron chi connectivity index (χ1n) is 16.8. The summed E-state index contributed by atoms with van der Waals surface area (Å²) < 4.78 is 5.40. The van der Waals surface area contributed by atoms with Gasteiger partial charge in [0.25, 0.3) is 11.8 Å². The number of benzene rings is 4. The Labute approximate surface area is 305 Å². The summed E-state index contributed by atoms with van der Waals surface area (Å²) in [5, 5.41) is 8.61. The summed E-state index contributed by atoms with van der Waals surface area (Å²) in [6.45, 7) is 2.02. The number of carbonyl (C=O) groups excluding carboxylic acids is 4. The van der Waals surface area contributed by atoms with E-state index in [0.717, 1.165) is 52.1 Å². The molecule has 258 valence electrons. The number of hydrogen-bond acceptors (Lipinski definition) is 7. The highest BCUT2D eigenvalue weighted by Crippen LogP contribution is 2.41. The predicted molar refractivity (Wildman–Crippen MR) is 204 cm³/mol. The highest BCUT2D eigenvalue weighted by Gasteiger charge is 2.30. The summed E-state index contributed by atoms with van der Waals surface area (Å²) >= 11 is 2.78. The third-order valence-electron chi connectivity index (χ3n) is 8.21. The van der Waals surface area contributed by atoms with E-state index in [2.05, 4.69) is 16.0 Å². The van der Waals surface area contributed by atoms with E-state index in [1.807, 2.05) is 72.8 Å². The molecule has 0 saturated heterocycles. The minimum atomic E-state index is -0.676. The minimum Gasteiger partial charge on any atom is -0.462 e. The number of amides is 3. The van der Waals surface area contributed by atoms with Gasteiger partial charge in [-0.2, -0.15) is 0 Å². The van der Waals surface area contributed by atoms with Crippen molar-refractivity contribution in [3.8, 4) is 0 Å². The summed E-state index contributed by atoms with van der Waals surface area (Å²) in [7, 11) is 0. The van der Waals surface area contributed by atoms with Crippen molar-refractivity contribution in [2.75, 3.05) is 17.2 Å². The van der Waals surface area contributed by atoms with Crippen LogP contribution in [0.5, 0.6) is 0 Å². The van der Waals surface area contributed by atoms with Gasteiger partial charge in [0.2, 0.25) is 5.91 Å². The van der Waals surface area contributed by atoms with Crippen LogP contribution in [0.1, 0.15) is 67.3 Å². The Morgan fingerprint density at radius 3 is 2.24 bits per heavy atom. The molecule has 5 aromatic rings. The zero-order valence-electron chi connectivity index (χ0n) is 28.0. The number of aryl methyl sites for hydroxylation is 1. The Hall–Kier alpha value is -5.45. The summed E-state index contributed by atoms with van der Waals surface area (Å²) in [5.41, 5.74) is 3.95. The first-order chi connectivity index (χ1) is 24.9. The highest BCUT2D eigenvalue weighted by atomic mass is 32.2. The molecule has 0 spiro atoms. The van der Waals surface area contributed by atoms with Crippen molar-refractivity contribution >= 4 is 63.6 Å². The standard InChI is InChI=1S/C41H37N3O5S2/c1-2-49-41(48)35-32-23-12-13-24-34(32)51-40(35)44-39(47)36(28-17-8-4-9-18-28)50-31-22-14-21-30(26-31)42-38(46)33(25-27-15-6-3-7-16-27)43-37(45)29-19-10-5-11-20-29/h3-11,14-22,25-26,36H,2,12-13,23-24H2,1H3,(H,42,46)(H,43,45)(H,44,47)/b33-25-. The lowest BCUT2D eigenvalue weighted by atomic mass is 9.95. The van der Waals surface area contributed by atoms with E-state index in [1.165, 1.54) is 23.1 Å². The molecule has 0 bridgehead atoms. The van der Waals surface area contributed by atoms with Crippen LogP contribution in [0.2, 0.25) is 0 Å². The second kappa shape index (κ2) is 17.0. The third-order valence-corrected chi connectivity index (χ3v) is 10.7. The SMILES string of the molecule is CCOC(=O)c1c(NC(=O)C(Sc2cccc(NC(=O)/C(=C/c3ccccc3)NC(=O)c3ccccc3)c2)c2ccccc2)sc2c1CCCC2. The smallest absolute Gasteiger partial charge is 0.341 e. The predicted octanol–water partition coefficient (Wildman–Crippen LogP) is 8.69. The topological polar surface area (TPSA) is 114 Å². The maximum absolute atomic E-state index is 14.1. The van der Waals surface area contributed by atoms with E-state index in [-0.39, 0.29) is 18.2 Å². The van der Waals surface area contributed by atoms with Crippen molar-refractivity contribution < 1.29 is 23.9 Å². The minimum absolute atomic E-state index is 0.0747. The van der Waals surface area contributed by atoms with Crippen molar-refractivity contribution in [3.05, 3.63) is 154 Å². The fraction of sp³-hybridized carbons (Fsp3) is 0.171. The van der Waals surface area contributed by atoms with Gasteiger partial charge >= 0.3 is 5.97 Å². The second-order valence-corrected chi connectivity index (χ2v) is 14.1. The van der Waals surface area contributed by atoms with Gasteiger partial charge in [0.05, 0.1) is 12.2 Å². The fourth-order valence-electron chi connectivity index (χ4n) is 5.79. The lowest BCUT2D eigenvalue weighted by Crippen LogP contribution is -2.30. The second-order valence-electron chi connectivity index (χ2n) is 11.8. The normalized spacial score (nSPS) is 13.0. The maximum Gasteiger partial charge on any atom is 0.341 e. The molecule has 3 N–H and O–H groups in total. The molecule has 1 unspecified atom stereocenters. The number of rotatable bonds is 12. The Morgan fingerprint density at radius 1 is 0.824 bits per heavy atom. The largest absolute Gasteiger partial charge is 0.462 e. The van der Waals surface area contributed by atoms with Gasteiger partial charge in [0, 0.05) is 21.0 Å². The lowest BCUT2D eigenvalue weighted by Gasteiger charge is -2.18. The molecule has 51 heavy (non-hydrogen) atoms. The zero-order valence-corrected chi connectivity index (χ0v) is 29.7. The average Bonchev–Trinajstić information content (AvgIpc) is 3.52. The van der Waals surface area contributed by atoms with Gasteiger partial charge < -0.3 is 20.7 Å². The van der Waals surface area contributed by atoms with Crippen LogP contribution in [0, 0.1) is 0 Å². The number of ether oxygens (including phenoxy) is 1. The molecule has 0 radical (unpaired) electrons. The molecule has 1 aliphatic carbocycles. The van der Waals surface area contributed by atoms with E-state index in [9.17, 15) is 19.2 Å². The number of esters is 1. The van der Waals surface area contributed by atoms with Crippen molar-refractivity contribution in [1.82, 2.24) is 5.32 Å². The van der Waals surface area contributed by atoms with Crippen LogP contribution in [-0.4, -0.2) is 30.3 Å².